The second kappa shape index (κ2) is 8.43. The van der Waals surface area contributed by atoms with E-state index in [4.69, 9.17) is 11.6 Å². The standard InChI is InChI=1S/C19H18ClF3N2O2/c1-12-5-3-4-6-14(12)10-25(13(2)26)11-18(27)24-17-9-15(19(21,22)23)7-8-16(17)20/h3-9H,10-11H2,1-2H3,(H,24,27). The number of alkyl halides is 3. The molecule has 0 atom stereocenters. The molecule has 0 saturated heterocycles. The van der Waals surface area contributed by atoms with Gasteiger partial charge in [0.25, 0.3) is 0 Å². The molecule has 0 aromatic heterocycles. The van der Waals surface area contributed by atoms with E-state index in [2.05, 4.69) is 5.32 Å². The lowest BCUT2D eigenvalue weighted by molar-refractivity contribution is -0.137. The molecule has 0 bridgehead atoms. The second-order valence-corrected chi connectivity index (χ2v) is 6.45. The molecule has 0 aliphatic carbocycles. The first-order chi connectivity index (χ1) is 12.6. The number of hydrogen-bond donors (Lipinski definition) is 1. The Bertz CT molecular complexity index is 853. The van der Waals surface area contributed by atoms with E-state index in [1.54, 1.807) is 0 Å². The summed E-state index contributed by atoms with van der Waals surface area (Å²) in [6, 6.07) is 10.1. The first-order valence-corrected chi connectivity index (χ1v) is 8.42. The number of halogens is 4. The number of carbonyl (C=O) groups is 2. The monoisotopic (exact) mass is 398 g/mol. The zero-order chi connectivity index (χ0) is 20.2. The van der Waals surface area contributed by atoms with Gasteiger partial charge in [-0.15, -0.1) is 0 Å². The summed E-state index contributed by atoms with van der Waals surface area (Å²) >= 11 is 5.88. The summed E-state index contributed by atoms with van der Waals surface area (Å²) in [5, 5.41) is 2.32. The van der Waals surface area contributed by atoms with Crippen LogP contribution in [-0.4, -0.2) is 23.3 Å². The number of hydrogen-bond acceptors (Lipinski definition) is 2. The number of aryl methyl sites for hydroxylation is 1. The Kier molecular flexibility index (Phi) is 6.49. The van der Waals surface area contributed by atoms with Gasteiger partial charge in [0.2, 0.25) is 11.8 Å². The Morgan fingerprint density at radius 2 is 1.81 bits per heavy atom. The van der Waals surface area contributed by atoms with E-state index in [1.165, 1.54) is 11.8 Å². The lowest BCUT2D eigenvalue weighted by atomic mass is 10.1. The number of amides is 2. The van der Waals surface area contributed by atoms with Crippen LogP contribution in [0.15, 0.2) is 42.5 Å². The van der Waals surface area contributed by atoms with Crippen molar-refractivity contribution in [3.63, 3.8) is 0 Å². The number of anilines is 1. The summed E-state index contributed by atoms with van der Waals surface area (Å²) in [4.78, 5) is 25.4. The van der Waals surface area contributed by atoms with E-state index in [9.17, 15) is 22.8 Å². The van der Waals surface area contributed by atoms with Crippen LogP contribution in [0.1, 0.15) is 23.6 Å². The van der Waals surface area contributed by atoms with Crippen molar-refractivity contribution >= 4 is 29.1 Å². The summed E-state index contributed by atoms with van der Waals surface area (Å²) < 4.78 is 38.5. The number of rotatable bonds is 5. The van der Waals surface area contributed by atoms with E-state index in [0.717, 1.165) is 29.3 Å². The van der Waals surface area contributed by atoms with Gasteiger partial charge in [-0.1, -0.05) is 35.9 Å². The Balaban J connectivity index is 2.13. The molecule has 0 unspecified atom stereocenters. The van der Waals surface area contributed by atoms with Gasteiger partial charge in [-0.3, -0.25) is 9.59 Å². The summed E-state index contributed by atoms with van der Waals surface area (Å²) in [7, 11) is 0. The fourth-order valence-corrected chi connectivity index (χ4v) is 2.60. The normalized spacial score (nSPS) is 11.2. The molecule has 0 aliphatic heterocycles. The lowest BCUT2D eigenvalue weighted by Gasteiger charge is -2.22. The minimum Gasteiger partial charge on any atom is -0.329 e. The lowest BCUT2D eigenvalue weighted by Crippen LogP contribution is -2.36. The van der Waals surface area contributed by atoms with Gasteiger partial charge in [-0.2, -0.15) is 13.2 Å². The highest BCUT2D eigenvalue weighted by Gasteiger charge is 2.31. The average molecular weight is 399 g/mol. The van der Waals surface area contributed by atoms with Crippen LogP contribution in [0, 0.1) is 6.92 Å². The molecule has 2 aromatic carbocycles. The summed E-state index contributed by atoms with van der Waals surface area (Å²) in [6.07, 6.45) is -4.56. The molecule has 2 rings (SSSR count). The third kappa shape index (κ3) is 5.72. The largest absolute Gasteiger partial charge is 0.416 e. The first-order valence-electron chi connectivity index (χ1n) is 8.04. The van der Waals surface area contributed by atoms with Crippen molar-refractivity contribution in [1.82, 2.24) is 4.90 Å². The molecule has 0 fully saturated rings. The number of benzene rings is 2. The minimum atomic E-state index is -4.56. The molecule has 0 heterocycles. The number of carbonyl (C=O) groups excluding carboxylic acids is 2. The Morgan fingerprint density at radius 3 is 2.41 bits per heavy atom. The van der Waals surface area contributed by atoms with Crippen LogP contribution in [0.5, 0.6) is 0 Å². The van der Waals surface area contributed by atoms with Crippen LogP contribution in [0.2, 0.25) is 5.02 Å². The fourth-order valence-electron chi connectivity index (χ4n) is 2.43. The van der Waals surface area contributed by atoms with Crippen LogP contribution in [0.4, 0.5) is 18.9 Å². The highest BCUT2D eigenvalue weighted by atomic mass is 35.5. The van der Waals surface area contributed by atoms with Crippen molar-refractivity contribution in [2.24, 2.45) is 0 Å². The quantitative estimate of drug-likeness (QED) is 0.796. The van der Waals surface area contributed by atoms with Gasteiger partial charge >= 0.3 is 6.18 Å². The van der Waals surface area contributed by atoms with Gasteiger partial charge in [-0.05, 0) is 36.2 Å². The molecule has 1 N–H and O–H groups in total. The zero-order valence-corrected chi connectivity index (χ0v) is 15.5. The van der Waals surface area contributed by atoms with Gasteiger partial charge in [0, 0.05) is 13.5 Å². The van der Waals surface area contributed by atoms with Crippen LogP contribution < -0.4 is 5.32 Å². The summed E-state index contributed by atoms with van der Waals surface area (Å²) in [5.74, 6) is -0.969. The molecule has 4 nitrogen and oxygen atoms in total. The van der Waals surface area contributed by atoms with Gasteiger partial charge in [0.1, 0.15) is 6.54 Å². The third-order valence-corrected chi connectivity index (χ3v) is 4.30. The molecular weight excluding hydrogens is 381 g/mol. The van der Waals surface area contributed by atoms with Crippen LogP contribution in [0.25, 0.3) is 0 Å². The Labute approximate surface area is 159 Å². The van der Waals surface area contributed by atoms with Gasteiger partial charge in [-0.25, -0.2) is 0 Å². The SMILES string of the molecule is CC(=O)N(CC(=O)Nc1cc(C(F)(F)F)ccc1Cl)Cc1ccccc1C. The van der Waals surface area contributed by atoms with Crippen molar-refractivity contribution in [3.8, 4) is 0 Å². The molecule has 8 heteroatoms. The smallest absolute Gasteiger partial charge is 0.329 e. The van der Waals surface area contributed by atoms with Gasteiger partial charge in [0.15, 0.2) is 0 Å². The van der Waals surface area contributed by atoms with Gasteiger partial charge < -0.3 is 10.2 Å². The minimum absolute atomic E-state index is 0.0235. The van der Waals surface area contributed by atoms with E-state index in [0.29, 0.717) is 0 Å². The molecule has 0 spiro atoms. The maximum Gasteiger partial charge on any atom is 0.416 e. The van der Waals surface area contributed by atoms with Crippen molar-refractivity contribution < 1.29 is 22.8 Å². The van der Waals surface area contributed by atoms with E-state index >= 15 is 0 Å². The highest BCUT2D eigenvalue weighted by molar-refractivity contribution is 6.33. The Hall–Kier alpha value is -2.54. The van der Waals surface area contributed by atoms with Crippen molar-refractivity contribution in [3.05, 3.63) is 64.2 Å². The molecule has 144 valence electrons. The molecule has 2 amide bonds. The predicted molar refractivity (Wildman–Crippen MR) is 97.4 cm³/mol. The van der Waals surface area contributed by atoms with Crippen molar-refractivity contribution in [2.75, 3.05) is 11.9 Å². The number of nitrogens with zero attached hydrogens (tertiary/aromatic N) is 1. The molecule has 27 heavy (non-hydrogen) atoms. The number of nitrogens with one attached hydrogen (secondary N) is 1. The topological polar surface area (TPSA) is 49.4 Å². The molecule has 0 aliphatic rings. The molecular formula is C19H18ClF3N2O2. The Morgan fingerprint density at radius 1 is 1.15 bits per heavy atom. The van der Waals surface area contributed by atoms with Crippen molar-refractivity contribution in [2.45, 2.75) is 26.6 Å². The van der Waals surface area contributed by atoms with E-state index in [1.807, 2.05) is 31.2 Å². The molecule has 2 aromatic rings. The third-order valence-electron chi connectivity index (χ3n) is 3.97. The maximum atomic E-state index is 12.8. The van der Waals surface area contributed by atoms with Crippen LogP contribution in [0.3, 0.4) is 0 Å². The zero-order valence-electron chi connectivity index (χ0n) is 14.7. The average Bonchev–Trinajstić information content (AvgIpc) is 2.57. The van der Waals surface area contributed by atoms with Crippen molar-refractivity contribution in [1.29, 1.82) is 0 Å². The van der Waals surface area contributed by atoms with E-state index in [-0.39, 0.29) is 29.7 Å². The fraction of sp³-hybridized carbons (Fsp3) is 0.263. The first kappa shape index (κ1) is 20.8. The van der Waals surface area contributed by atoms with Crippen LogP contribution >= 0.6 is 11.6 Å². The molecule has 0 radical (unpaired) electrons. The van der Waals surface area contributed by atoms with E-state index < -0.39 is 17.6 Å². The van der Waals surface area contributed by atoms with Crippen LogP contribution in [-0.2, 0) is 22.3 Å². The summed E-state index contributed by atoms with van der Waals surface area (Å²) in [5.41, 5.74) is 0.754. The summed E-state index contributed by atoms with van der Waals surface area (Å²) in [6.45, 7) is 3.11. The highest BCUT2D eigenvalue weighted by Crippen LogP contribution is 2.33. The molecule has 0 saturated carbocycles. The predicted octanol–water partition coefficient (Wildman–Crippen LogP) is 4.65. The maximum absolute atomic E-state index is 12.8. The second-order valence-electron chi connectivity index (χ2n) is 6.04. The van der Waals surface area contributed by atoms with Gasteiger partial charge in [0.05, 0.1) is 16.3 Å².